The fourth-order valence-corrected chi connectivity index (χ4v) is 4.51. The molecule has 0 fully saturated rings. The summed E-state index contributed by atoms with van der Waals surface area (Å²) in [4.78, 5) is 23.1. The van der Waals surface area contributed by atoms with Crippen molar-refractivity contribution in [3.05, 3.63) is 106 Å². The molecule has 0 aliphatic rings. The van der Waals surface area contributed by atoms with Gasteiger partial charge in [-0.1, -0.05) is 19.1 Å². The summed E-state index contributed by atoms with van der Waals surface area (Å²) < 4.78 is 12.7. The Labute approximate surface area is 213 Å². The highest BCUT2D eigenvalue weighted by Crippen LogP contribution is 2.30. The van der Waals surface area contributed by atoms with Crippen molar-refractivity contribution in [2.75, 3.05) is 13.7 Å². The fraction of sp³-hybridized carbons (Fsp3) is 0.296. The molecule has 190 valence electrons. The standard InChI is InChI=1S/C27H29N7O3/c1-3-19-8-9-24-21(14-19)15-23(27(35)29-24)25(26-30-31-32-34(26)11-13-36-2)33(18-22-7-5-12-37-22)17-20-6-4-10-28-16-20/h4-10,12,14-16,25H,3,11,13,17-18H2,1-2H3,(H,29,35)/t25-/m1/s1. The number of methoxy groups -OCH3 is 1. The van der Waals surface area contributed by atoms with Crippen molar-refractivity contribution in [1.82, 2.24) is 35.1 Å². The van der Waals surface area contributed by atoms with Gasteiger partial charge in [0.05, 0.1) is 26.0 Å². The van der Waals surface area contributed by atoms with Gasteiger partial charge in [0.1, 0.15) is 11.8 Å². The number of nitrogens with zero attached hydrogens (tertiary/aromatic N) is 6. The van der Waals surface area contributed by atoms with Crippen LogP contribution in [0, 0.1) is 0 Å². The van der Waals surface area contributed by atoms with Crippen LogP contribution < -0.4 is 5.56 Å². The number of hydrogen-bond acceptors (Lipinski definition) is 8. The van der Waals surface area contributed by atoms with Crippen LogP contribution in [0.3, 0.4) is 0 Å². The Morgan fingerprint density at radius 2 is 2.05 bits per heavy atom. The van der Waals surface area contributed by atoms with E-state index in [2.05, 4.69) is 43.4 Å². The largest absolute Gasteiger partial charge is 0.468 e. The minimum Gasteiger partial charge on any atom is -0.468 e. The van der Waals surface area contributed by atoms with E-state index in [1.807, 2.05) is 48.7 Å². The van der Waals surface area contributed by atoms with Gasteiger partial charge in [0, 0.05) is 37.1 Å². The van der Waals surface area contributed by atoms with Crippen molar-refractivity contribution in [1.29, 1.82) is 0 Å². The first-order chi connectivity index (χ1) is 18.2. The Balaban J connectivity index is 1.68. The third kappa shape index (κ3) is 5.50. The lowest BCUT2D eigenvalue weighted by Crippen LogP contribution is -2.35. The van der Waals surface area contributed by atoms with Crippen molar-refractivity contribution in [2.45, 2.75) is 39.0 Å². The second-order valence-electron chi connectivity index (χ2n) is 8.83. The van der Waals surface area contributed by atoms with E-state index < -0.39 is 6.04 Å². The summed E-state index contributed by atoms with van der Waals surface area (Å²) in [6, 6.07) is 15.1. The van der Waals surface area contributed by atoms with E-state index in [1.165, 1.54) is 5.56 Å². The van der Waals surface area contributed by atoms with Gasteiger partial charge in [-0.3, -0.25) is 14.7 Å². The van der Waals surface area contributed by atoms with Crippen LogP contribution in [0.5, 0.6) is 0 Å². The molecule has 0 saturated heterocycles. The predicted molar refractivity (Wildman–Crippen MR) is 138 cm³/mol. The number of tetrazole rings is 1. The minimum absolute atomic E-state index is 0.196. The summed E-state index contributed by atoms with van der Waals surface area (Å²) in [6.45, 7) is 3.90. The number of nitrogens with one attached hydrogen (secondary N) is 1. The van der Waals surface area contributed by atoms with Gasteiger partial charge in [-0.15, -0.1) is 5.10 Å². The minimum atomic E-state index is -0.574. The summed E-state index contributed by atoms with van der Waals surface area (Å²) in [5.74, 6) is 1.30. The number of furan rings is 1. The van der Waals surface area contributed by atoms with E-state index in [1.54, 1.807) is 24.3 Å². The van der Waals surface area contributed by atoms with Gasteiger partial charge in [0.25, 0.3) is 5.56 Å². The van der Waals surface area contributed by atoms with Crippen LogP contribution in [0.4, 0.5) is 0 Å². The molecule has 10 heteroatoms. The number of benzene rings is 1. The molecule has 5 rings (SSSR count). The first-order valence-electron chi connectivity index (χ1n) is 12.2. The molecule has 5 aromatic rings. The summed E-state index contributed by atoms with van der Waals surface area (Å²) in [5.41, 5.74) is 3.31. The molecule has 4 heterocycles. The van der Waals surface area contributed by atoms with Gasteiger partial charge in [-0.2, -0.15) is 0 Å². The van der Waals surface area contributed by atoms with Crippen molar-refractivity contribution in [2.24, 2.45) is 0 Å². The van der Waals surface area contributed by atoms with Crippen molar-refractivity contribution in [3.8, 4) is 0 Å². The topological polar surface area (TPSA) is 115 Å². The van der Waals surface area contributed by atoms with Gasteiger partial charge < -0.3 is 14.1 Å². The molecule has 10 nitrogen and oxygen atoms in total. The molecule has 4 aromatic heterocycles. The maximum Gasteiger partial charge on any atom is 0.253 e. The van der Waals surface area contributed by atoms with Gasteiger partial charge >= 0.3 is 0 Å². The highest BCUT2D eigenvalue weighted by Gasteiger charge is 2.31. The van der Waals surface area contributed by atoms with Crippen LogP contribution >= 0.6 is 0 Å². The normalized spacial score (nSPS) is 12.4. The average molecular weight is 500 g/mol. The summed E-state index contributed by atoms with van der Waals surface area (Å²) in [5, 5.41) is 13.5. The molecule has 0 bridgehead atoms. The number of H-pyrrole nitrogens is 1. The SMILES string of the molecule is CCc1ccc2[nH]c(=O)c([C@H](c3nnnn3CCOC)N(Cc3cccnc3)Cc3ccco3)cc2c1. The highest BCUT2D eigenvalue weighted by molar-refractivity contribution is 5.80. The Morgan fingerprint density at radius 1 is 1.14 bits per heavy atom. The molecule has 0 aliphatic heterocycles. The zero-order chi connectivity index (χ0) is 25.6. The van der Waals surface area contributed by atoms with Crippen molar-refractivity contribution in [3.63, 3.8) is 0 Å². The van der Waals surface area contributed by atoms with E-state index in [0.29, 0.717) is 37.6 Å². The van der Waals surface area contributed by atoms with E-state index >= 15 is 0 Å². The zero-order valence-electron chi connectivity index (χ0n) is 20.9. The highest BCUT2D eigenvalue weighted by atomic mass is 16.5. The molecule has 1 aromatic carbocycles. The number of aromatic nitrogens is 6. The van der Waals surface area contributed by atoms with Gasteiger partial charge in [0.15, 0.2) is 5.82 Å². The molecule has 1 atom stereocenters. The molecule has 0 spiro atoms. The van der Waals surface area contributed by atoms with Crippen LogP contribution in [0.1, 0.15) is 41.2 Å². The number of fused-ring (bicyclic) bond motifs is 1. The van der Waals surface area contributed by atoms with Gasteiger partial charge in [-0.05, 0) is 69.8 Å². The fourth-order valence-electron chi connectivity index (χ4n) is 4.51. The lowest BCUT2D eigenvalue weighted by atomic mass is 10.0. The number of ether oxygens (including phenoxy) is 1. The Kier molecular flexibility index (Phi) is 7.48. The van der Waals surface area contributed by atoms with E-state index in [9.17, 15) is 4.79 Å². The monoisotopic (exact) mass is 499 g/mol. The first kappa shape index (κ1) is 24.5. The first-order valence-corrected chi connectivity index (χ1v) is 12.2. The molecule has 0 aliphatic carbocycles. The molecular weight excluding hydrogens is 470 g/mol. The van der Waals surface area contributed by atoms with Crippen LogP contribution in [0.15, 0.2) is 76.4 Å². The third-order valence-electron chi connectivity index (χ3n) is 6.36. The van der Waals surface area contributed by atoms with Crippen LogP contribution in [-0.4, -0.2) is 48.8 Å². The third-order valence-corrected chi connectivity index (χ3v) is 6.36. The molecular formula is C27H29N7O3. The van der Waals surface area contributed by atoms with E-state index in [0.717, 1.165) is 28.6 Å². The molecule has 0 radical (unpaired) electrons. The number of aryl methyl sites for hydroxylation is 1. The maximum absolute atomic E-state index is 13.6. The zero-order valence-corrected chi connectivity index (χ0v) is 20.9. The maximum atomic E-state index is 13.6. The number of pyridine rings is 2. The lowest BCUT2D eigenvalue weighted by molar-refractivity contribution is 0.163. The number of aromatic amines is 1. The Hall–Kier alpha value is -4.15. The Morgan fingerprint density at radius 3 is 2.81 bits per heavy atom. The predicted octanol–water partition coefficient (Wildman–Crippen LogP) is 3.50. The van der Waals surface area contributed by atoms with Gasteiger partial charge in [0.2, 0.25) is 0 Å². The number of rotatable bonds is 11. The number of hydrogen-bond donors (Lipinski definition) is 1. The van der Waals surface area contributed by atoms with Crippen LogP contribution in [0.2, 0.25) is 0 Å². The molecule has 0 saturated carbocycles. The van der Waals surface area contributed by atoms with Crippen molar-refractivity contribution < 1.29 is 9.15 Å². The summed E-state index contributed by atoms with van der Waals surface area (Å²) >= 11 is 0. The average Bonchev–Trinajstić information content (AvgIpc) is 3.60. The second-order valence-corrected chi connectivity index (χ2v) is 8.83. The summed E-state index contributed by atoms with van der Waals surface area (Å²) in [7, 11) is 1.63. The summed E-state index contributed by atoms with van der Waals surface area (Å²) in [6.07, 6.45) is 6.10. The second kappa shape index (κ2) is 11.3. The Bertz CT molecular complexity index is 1500. The molecule has 0 unspecified atom stereocenters. The quantitative estimate of drug-likeness (QED) is 0.294. The van der Waals surface area contributed by atoms with E-state index in [-0.39, 0.29) is 5.56 Å². The van der Waals surface area contributed by atoms with E-state index in [4.69, 9.17) is 9.15 Å². The van der Waals surface area contributed by atoms with Crippen LogP contribution in [0.25, 0.3) is 10.9 Å². The smallest absolute Gasteiger partial charge is 0.253 e. The lowest BCUT2D eigenvalue weighted by Gasteiger charge is -2.30. The van der Waals surface area contributed by atoms with Crippen LogP contribution in [-0.2, 0) is 30.8 Å². The van der Waals surface area contributed by atoms with Gasteiger partial charge in [-0.25, -0.2) is 4.68 Å². The molecule has 0 amide bonds. The molecule has 1 N–H and O–H groups in total. The molecule has 37 heavy (non-hydrogen) atoms. The van der Waals surface area contributed by atoms with Crippen molar-refractivity contribution >= 4 is 10.9 Å².